The van der Waals surface area contributed by atoms with Crippen molar-refractivity contribution in [3.05, 3.63) is 60.6 Å². The van der Waals surface area contributed by atoms with E-state index in [0.29, 0.717) is 12.5 Å². The summed E-state index contributed by atoms with van der Waals surface area (Å²) in [6.07, 6.45) is 7.20. The molecule has 1 aliphatic rings. The highest BCUT2D eigenvalue weighted by molar-refractivity contribution is 5.76. The lowest BCUT2D eigenvalue weighted by Gasteiger charge is -2.31. The number of piperidine rings is 1. The Morgan fingerprint density at radius 3 is 2.66 bits per heavy atom. The number of pyridine rings is 1. The topological polar surface area (TPSA) is 54.2 Å². The van der Waals surface area contributed by atoms with Gasteiger partial charge >= 0.3 is 0 Å². The summed E-state index contributed by atoms with van der Waals surface area (Å²) in [7, 11) is 0. The predicted molar refractivity (Wildman–Crippen MR) is 117 cm³/mol. The zero-order valence-electron chi connectivity index (χ0n) is 17.2. The standard InChI is InChI=1S/C24H30N4O/c1-2-19-10-11-22(25-15-19)24-23(21-8-4-3-5-9-21)26-18-28(24)14-13-27-12-6-7-20(16-27)17-29/h3-5,8-11,15,18,20,29H,2,6-7,12-14,16-17H2,1H3/t20-/m1/s1. The third kappa shape index (κ3) is 4.57. The predicted octanol–water partition coefficient (Wildman–Crippen LogP) is 3.88. The van der Waals surface area contributed by atoms with Gasteiger partial charge in [-0.25, -0.2) is 4.98 Å². The molecule has 0 amide bonds. The van der Waals surface area contributed by atoms with Crippen molar-refractivity contribution in [3.8, 4) is 22.6 Å². The minimum absolute atomic E-state index is 0.290. The molecule has 0 bridgehead atoms. The molecule has 0 spiro atoms. The highest BCUT2D eigenvalue weighted by Crippen LogP contribution is 2.30. The summed E-state index contributed by atoms with van der Waals surface area (Å²) in [5, 5.41) is 9.51. The Bertz CT molecular complexity index is 904. The summed E-state index contributed by atoms with van der Waals surface area (Å²) in [5.74, 6) is 0.411. The average Bonchev–Trinajstić information content (AvgIpc) is 3.22. The summed E-state index contributed by atoms with van der Waals surface area (Å²) in [6.45, 7) is 6.35. The molecule has 1 aliphatic heterocycles. The molecule has 1 N–H and O–H groups in total. The summed E-state index contributed by atoms with van der Waals surface area (Å²) < 4.78 is 2.23. The molecule has 1 fully saturated rings. The highest BCUT2D eigenvalue weighted by atomic mass is 16.3. The molecule has 152 valence electrons. The van der Waals surface area contributed by atoms with Crippen molar-refractivity contribution in [1.82, 2.24) is 19.4 Å². The van der Waals surface area contributed by atoms with Crippen LogP contribution in [-0.4, -0.2) is 50.8 Å². The van der Waals surface area contributed by atoms with Crippen LogP contribution < -0.4 is 0 Å². The molecule has 3 heterocycles. The second kappa shape index (κ2) is 9.33. The Hall–Kier alpha value is -2.50. The van der Waals surface area contributed by atoms with Gasteiger partial charge in [0.2, 0.25) is 0 Å². The highest BCUT2D eigenvalue weighted by Gasteiger charge is 2.20. The van der Waals surface area contributed by atoms with Crippen molar-refractivity contribution < 1.29 is 5.11 Å². The van der Waals surface area contributed by atoms with Crippen molar-refractivity contribution in [2.24, 2.45) is 5.92 Å². The maximum Gasteiger partial charge on any atom is 0.0979 e. The number of rotatable bonds is 7. The van der Waals surface area contributed by atoms with Crippen LogP contribution in [0.2, 0.25) is 0 Å². The van der Waals surface area contributed by atoms with Gasteiger partial charge in [-0.2, -0.15) is 0 Å². The van der Waals surface area contributed by atoms with E-state index in [2.05, 4.69) is 52.8 Å². The van der Waals surface area contributed by atoms with Gasteiger partial charge in [-0.3, -0.25) is 4.98 Å². The summed E-state index contributed by atoms with van der Waals surface area (Å²) in [5.41, 5.74) is 5.37. The molecule has 2 aromatic heterocycles. The fourth-order valence-electron chi connectivity index (χ4n) is 4.15. The van der Waals surface area contributed by atoms with Crippen molar-refractivity contribution >= 4 is 0 Å². The van der Waals surface area contributed by atoms with Gasteiger partial charge in [-0.1, -0.05) is 43.3 Å². The summed E-state index contributed by atoms with van der Waals surface area (Å²) in [6, 6.07) is 14.6. The number of aliphatic hydroxyl groups is 1. The first kappa shape index (κ1) is 19.8. The zero-order valence-corrected chi connectivity index (χ0v) is 17.2. The molecule has 3 aromatic rings. The van der Waals surface area contributed by atoms with Crippen LogP contribution in [-0.2, 0) is 13.0 Å². The molecule has 1 atom stereocenters. The minimum atomic E-state index is 0.290. The maximum atomic E-state index is 9.51. The Morgan fingerprint density at radius 1 is 1.07 bits per heavy atom. The van der Waals surface area contributed by atoms with Crippen LogP contribution in [0.25, 0.3) is 22.6 Å². The Kier molecular flexibility index (Phi) is 6.37. The van der Waals surface area contributed by atoms with Gasteiger partial charge in [0, 0.05) is 38.0 Å². The third-order valence-corrected chi connectivity index (χ3v) is 5.88. The lowest BCUT2D eigenvalue weighted by atomic mass is 9.99. The van der Waals surface area contributed by atoms with Crippen LogP contribution >= 0.6 is 0 Å². The van der Waals surface area contributed by atoms with Crippen LogP contribution in [0.5, 0.6) is 0 Å². The van der Waals surface area contributed by atoms with Crippen LogP contribution in [0.3, 0.4) is 0 Å². The van der Waals surface area contributed by atoms with Gasteiger partial charge in [-0.15, -0.1) is 0 Å². The number of aliphatic hydroxyl groups excluding tert-OH is 1. The van der Waals surface area contributed by atoms with E-state index in [0.717, 1.165) is 68.1 Å². The monoisotopic (exact) mass is 390 g/mol. The van der Waals surface area contributed by atoms with Crippen LogP contribution in [0.4, 0.5) is 0 Å². The molecule has 0 saturated carbocycles. The van der Waals surface area contributed by atoms with Gasteiger partial charge in [-0.05, 0) is 43.4 Å². The normalized spacial score (nSPS) is 17.5. The van der Waals surface area contributed by atoms with Crippen LogP contribution in [0.15, 0.2) is 55.0 Å². The molecular weight excluding hydrogens is 360 g/mol. The number of hydrogen-bond donors (Lipinski definition) is 1. The van der Waals surface area contributed by atoms with Crippen molar-refractivity contribution in [2.75, 3.05) is 26.2 Å². The lowest BCUT2D eigenvalue weighted by Crippen LogP contribution is -2.38. The van der Waals surface area contributed by atoms with E-state index < -0.39 is 0 Å². The average molecular weight is 391 g/mol. The molecule has 5 heteroatoms. The van der Waals surface area contributed by atoms with E-state index in [4.69, 9.17) is 9.97 Å². The SMILES string of the molecule is CCc1ccc(-c2c(-c3ccccc3)ncn2CCN2CCC[C@@H](CO)C2)nc1. The van der Waals surface area contributed by atoms with Gasteiger partial charge in [0.05, 0.1) is 23.4 Å². The zero-order chi connectivity index (χ0) is 20.1. The Balaban J connectivity index is 1.62. The van der Waals surface area contributed by atoms with E-state index in [9.17, 15) is 5.11 Å². The van der Waals surface area contributed by atoms with E-state index in [1.54, 1.807) is 0 Å². The number of likely N-dealkylation sites (tertiary alicyclic amines) is 1. The number of nitrogens with zero attached hydrogens (tertiary/aromatic N) is 4. The quantitative estimate of drug-likeness (QED) is 0.665. The fraction of sp³-hybridized carbons (Fsp3) is 0.417. The molecule has 1 saturated heterocycles. The van der Waals surface area contributed by atoms with Gasteiger partial charge < -0.3 is 14.6 Å². The van der Waals surface area contributed by atoms with Gasteiger partial charge in [0.15, 0.2) is 0 Å². The fourth-order valence-corrected chi connectivity index (χ4v) is 4.15. The minimum Gasteiger partial charge on any atom is -0.396 e. The summed E-state index contributed by atoms with van der Waals surface area (Å²) in [4.78, 5) is 12.0. The van der Waals surface area contributed by atoms with E-state index >= 15 is 0 Å². The molecule has 0 radical (unpaired) electrons. The largest absolute Gasteiger partial charge is 0.396 e. The lowest BCUT2D eigenvalue weighted by molar-refractivity contribution is 0.118. The van der Waals surface area contributed by atoms with Crippen molar-refractivity contribution in [3.63, 3.8) is 0 Å². The van der Waals surface area contributed by atoms with Crippen molar-refractivity contribution in [2.45, 2.75) is 32.7 Å². The molecule has 29 heavy (non-hydrogen) atoms. The molecule has 0 unspecified atom stereocenters. The van der Waals surface area contributed by atoms with Crippen LogP contribution in [0.1, 0.15) is 25.3 Å². The van der Waals surface area contributed by atoms with Crippen LogP contribution in [0, 0.1) is 5.92 Å². The number of imidazole rings is 1. The smallest absolute Gasteiger partial charge is 0.0979 e. The second-order valence-corrected chi connectivity index (χ2v) is 7.90. The maximum absolute atomic E-state index is 9.51. The summed E-state index contributed by atoms with van der Waals surface area (Å²) >= 11 is 0. The van der Waals surface area contributed by atoms with Gasteiger partial charge in [0.1, 0.15) is 0 Å². The molecule has 0 aliphatic carbocycles. The third-order valence-electron chi connectivity index (χ3n) is 5.88. The molecule has 1 aromatic carbocycles. The first-order valence-corrected chi connectivity index (χ1v) is 10.7. The van der Waals surface area contributed by atoms with Crippen molar-refractivity contribution in [1.29, 1.82) is 0 Å². The first-order chi connectivity index (χ1) is 14.3. The van der Waals surface area contributed by atoms with E-state index in [1.807, 2.05) is 18.6 Å². The molecular formula is C24H30N4O. The molecule has 5 nitrogen and oxygen atoms in total. The second-order valence-electron chi connectivity index (χ2n) is 7.90. The number of benzene rings is 1. The van der Waals surface area contributed by atoms with E-state index in [-0.39, 0.29) is 0 Å². The van der Waals surface area contributed by atoms with Gasteiger partial charge in [0.25, 0.3) is 0 Å². The molecule has 4 rings (SSSR count). The first-order valence-electron chi connectivity index (χ1n) is 10.7. The number of hydrogen-bond acceptors (Lipinski definition) is 4. The van der Waals surface area contributed by atoms with E-state index in [1.165, 1.54) is 5.56 Å². The number of aromatic nitrogens is 3. The Morgan fingerprint density at radius 2 is 1.93 bits per heavy atom. The Labute approximate surface area is 173 Å². The number of aryl methyl sites for hydroxylation is 1.